The molecule has 0 N–H and O–H groups in total. The monoisotopic (exact) mass is 345 g/mol. The number of amides is 2. The molecule has 0 bridgehead atoms. The van der Waals surface area contributed by atoms with Crippen LogP contribution in [0.5, 0.6) is 5.75 Å². The number of nitrogens with zero attached hydrogens (tertiary/aromatic N) is 3. The van der Waals surface area contributed by atoms with Gasteiger partial charge in [0, 0.05) is 39.1 Å². The Bertz CT molecular complexity index is 609. The van der Waals surface area contributed by atoms with E-state index < -0.39 is 0 Å². The minimum absolute atomic E-state index is 0.0891. The molecule has 25 heavy (non-hydrogen) atoms. The summed E-state index contributed by atoms with van der Waals surface area (Å²) in [6.45, 7) is 5.55. The highest BCUT2D eigenvalue weighted by Gasteiger charge is 2.30. The number of likely N-dealkylation sites (tertiary alicyclic amines) is 1. The van der Waals surface area contributed by atoms with Crippen LogP contribution in [0.2, 0.25) is 0 Å². The van der Waals surface area contributed by atoms with E-state index >= 15 is 0 Å². The van der Waals surface area contributed by atoms with Crippen molar-refractivity contribution in [1.29, 1.82) is 0 Å². The zero-order valence-corrected chi connectivity index (χ0v) is 15.1. The van der Waals surface area contributed by atoms with Gasteiger partial charge in [-0.2, -0.15) is 0 Å². The Kier molecular flexibility index (Phi) is 5.58. The Balaban J connectivity index is 1.57. The first-order chi connectivity index (χ1) is 12.1. The van der Waals surface area contributed by atoms with Gasteiger partial charge in [-0.25, -0.2) is 0 Å². The van der Waals surface area contributed by atoms with Gasteiger partial charge in [0.2, 0.25) is 11.8 Å². The highest BCUT2D eigenvalue weighted by molar-refractivity contribution is 5.79. The summed E-state index contributed by atoms with van der Waals surface area (Å²) in [6.07, 6.45) is 2.19. The van der Waals surface area contributed by atoms with Crippen LogP contribution in [0.4, 0.5) is 0 Å². The maximum Gasteiger partial charge on any atom is 0.236 e. The molecule has 2 saturated heterocycles. The summed E-state index contributed by atoms with van der Waals surface area (Å²) in [5.74, 6) is 1.11. The quantitative estimate of drug-likeness (QED) is 0.830. The predicted octanol–water partition coefficient (Wildman–Crippen LogP) is 1.52. The molecule has 3 rings (SSSR count). The molecular weight excluding hydrogens is 318 g/mol. The second-order valence-corrected chi connectivity index (χ2v) is 6.79. The average Bonchev–Trinajstić information content (AvgIpc) is 3.10. The smallest absolute Gasteiger partial charge is 0.236 e. The van der Waals surface area contributed by atoms with Crippen molar-refractivity contribution in [2.24, 2.45) is 0 Å². The molecule has 136 valence electrons. The van der Waals surface area contributed by atoms with Crippen molar-refractivity contribution in [2.45, 2.75) is 25.8 Å². The van der Waals surface area contributed by atoms with Gasteiger partial charge in [-0.05, 0) is 37.1 Å². The van der Waals surface area contributed by atoms with Gasteiger partial charge in [0.1, 0.15) is 5.75 Å². The van der Waals surface area contributed by atoms with E-state index in [4.69, 9.17) is 4.74 Å². The van der Waals surface area contributed by atoms with E-state index in [0.717, 1.165) is 25.1 Å². The minimum Gasteiger partial charge on any atom is -0.497 e. The summed E-state index contributed by atoms with van der Waals surface area (Å²) in [5, 5.41) is 0. The van der Waals surface area contributed by atoms with Crippen LogP contribution in [0.25, 0.3) is 0 Å². The van der Waals surface area contributed by atoms with E-state index in [1.54, 1.807) is 18.9 Å². The Hall–Kier alpha value is -2.08. The van der Waals surface area contributed by atoms with Crippen LogP contribution >= 0.6 is 0 Å². The SMILES string of the molecule is COc1ccc(C2CCCN2CC(=O)N2CCN(C(C)=O)CC2)cc1. The van der Waals surface area contributed by atoms with E-state index in [-0.39, 0.29) is 11.8 Å². The number of hydrogen-bond donors (Lipinski definition) is 0. The van der Waals surface area contributed by atoms with Crippen molar-refractivity contribution >= 4 is 11.8 Å². The molecule has 2 aliphatic rings. The molecule has 6 heteroatoms. The largest absolute Gasteiger partial charge is 0.497 e. The molecule has 1 aromatic rings. The molecule has 2 aliphatic heterocycles. The normalized spacial score (nSPS) is 21.4. The highest BCUT2D eigenvalue weighted by Crippen LogP contribution is 2.32. The average molecular weight is 345 g/mol. The third-order valence-corrected chi connectivity index (χ3v) is 5.28. The molecule has 0 spiro atoms. The van der Waals surface area contributed by atoms with E-state index in [1.807, 2.05) is 17.0 Å². The standard InChI is InChI=1S/C19H27N3O3/c1-15(23)20-10-12-21(13-11-20)19(24)14-22-9-3-4-18(22)16-5-7-17(25-2)8-6-16/h5-8,18H,3-4,9-14H2,1-2H3. The van der Waals surface area contributed by atoms with Gasteiger partial charge >= 0.3 is 0 Å². The summed E-state index contributed by atoms with van der Waals surface area (Å²) in [7, 11) is 1.67. The molecule has 0 saturated carbocycles. The van der Waals surface area contributed by atoms with Gasteiger partial charge in [-0.1, -0.05) is 12.1 Å². The Labute approximate surface area is 149 Å². The van der Waals surface area contributed by atoms with Crippen LogP contribution < -0.4 is 4.74 Å². The Morgan fingerprint density at radius 2 is 1.68 bits per heavy atom. The van der Waals surface area contributed by atoms with Crippen LogP contribution in [-0.2, 0) is 9.59 Å². The van der Waals surface area contributed by atoms with Crippen molar-refractivity contribution < 1.29 is 14.3 Å². The van der Waals surface area contributed by atoms with Crippen LogP contribution in [-0.4, -0.2) is 72.9 Å². The third kappa shape index (κ3) is 4.12. The van der Waals surface area contributed by atoms with E-state index in [9.17, 15) is 9.59 Å². The van der Waals surface area contributed by atoms with Crippen LogP contribution in [0, 0.1) is 0 Å². The fourth-order valence-electron chi connectivity index (χ4n) is 3.76. The summed E-state index contributed by atoms with van der Waals surface area (Å²) < 4.78 is 5.23. The number of carbonyl (C=O) groups is 2. The van der Waals surface area contributed by atoms with Crippen LogP contribution in [0.3, 0.4) is 0 Å². The van der Waals surface area contributed by atoms with Gasteiger partial charge in [0.25, 0.3) is 0 Å². The molecule has 1 aromatic carbocycles. The Morgan fingerprint density at radius 1 is 1.04 bits per heavy atom. The summed E-state index contributed by atoms with van der Waals surface area (Å²) in [4.78, 5) is 30.0. The molecule has 1 unspecified atom stereocenters. The third-order valence-electron chi connectivity index (χ3n) is 5.28. The number of methoxy groups -OCH3 is 1. The number of hydrogen-bond acceptors (Lipinski definition) is 4. The van der Waals surface area contributed by atoms with Gasteiger partial charge in [0.15, 0.2) is 0 Å². The molecule has 2 amide bonds. The number of ether oxygens (including phenoxy) is 1. The zero-order valence-electron chi connectivity index (χ0n) is 15.1. The van der Waals surface area contributed by atoms with E-state index in [1.165, 1.54) is 5.56 Å². The fourth-order valence-corrected chi connectivity index (χ4v) is 3.76. The lowest BCUT2D eigenvalue weighted by atomic mass is 10.0. The Morgan fingerprint density at radius 3 is 2.28 bits per heavy atom. The van der Waals surface area contributed by atoms with Crippen molar-refractivity contribution in [3.05, 3.63) is 29.8 Å². The molecule has 2 fully saturated rings. The lowest BCUT2D eigenvalue weighted by molar-refractivity contribution is -0.139. The van der Waals surface area contributed by atoms with Crippen molar-refractivity contribution in [3.8, 4) is 5.75 Å². The molecule has 1 atom stereocenters. The second-order valence-electron chi connectivity index (χ2n) is 6.79. The number of carbonyl (C=O) groups excluding carboxylic acids is 2. The summed E-state index contributed by atoms with van der Waals surface area (Å²) in [6, 6.07) is 8.45. The number of piperazine rings is 1. The van der Waals surface area contributed by atoms with Crippen molar-refractivity contribution in [1.82, 2.24) is 14.7 Å². The minimum atomic E-state index is 0.0891. The molecule has 2 heterocycles. The van der Waals surface area contributed by atoms with Gasteiger partial charge < -0.3 is 14.5 Å². The first-order valence-corrected chi connectivity index (χ1v) is 9.00. The zero-order chi connectivity index (χ0) is 17.8. The highest BCUT2D eigenvalue weighted by atomic mass is 16.5. The molecular formula is C19H27N3O3. The molecule has 6 nitrogen and oxygen atoms in total. The number of benzene rings is 1. The number of rotatable bonds is 4. The van der Waals surface area contributed by atoms with Gasteiger partial charge in [-0.15, -0.1) is 0 Å². The van der Waals surface area contributed by atoms with Crippen molar-refractivity contribution in [2.75, 3.05) is 46.4 Å². The fraction of sp³-hybridized carbons (Fsp3) is 0.579. The van der Waals surface area contributed by atoms with E-state index in [0.29, 0.717) is 38.8 Å². The van der Waals surface area contributed by atoms with Crippen LogP contribution in [0.1, 0.15) is 31.4 Å². The van der Waals surface area contributed by atoms with Gasteiger partial charge in [0.05, 0.1) is 13.7 Å². The molecule has 0 aromatic heterocycles. The van der Waals surface area contributed by atoms with Crippen molar-refractivity contribution in [3.63, 3.8) is 0 Å². The van der Waals surface area contributed by atoms with E-state index in [2.05, 4.69) is 17.0 Å². The van der Waals surface area contributed by atoms with Gasteiger partial charge in [-0.3, -0.25) is 14.5 Å². The van der Waals surface area contributed by atoms with Crippen LogP contribution in [0.15, 0.2) is 24.3 Å². The topological polar surface area (TPSA) is 53.1 Å². The summed E-state index contributed by atoms with van der Waals surface area (Å²) >= 11 is 0. The lowest BCUT2D eigenvalue weighted by Gasteiger charge is -2.35. The maximum atomic E-state index is 12.7. The lowest BCUT2D eigenvalue weighted by Crippen LogP contribution is -2.52. The summed E-state index contributed by atoms with van der Waals surface area (Å²) in [5.41, 5.74) is 1.24. The first-order valence-electron chi connectivity index (χ1n) is 9.00. The second kappa shape index (κ2) is 7.87. The molecule has 0 aliphatic carbocycles. The molecule has 0 radical (unpaired) electrons. The predicted molar refractivity (Wildman–Crippen MR) is 95.4 cm³/mol. The first kappa shape index (κ1) is 17.7. The maximum absolute atomic E-state index is 12.7.